The number of rotatable bonds is 15. The summed E-state index contributed by atoms with van der Waals surface area (Å²) >= 11 is 2.46. The lowest BCUT2D eigenvalue weighted by molar-refractivity contribution is -0.153. The summed E-state index contributed by atoms with van der Waals surface area (Å²) in [7, 11) is 0. The Bertz CT molecular complexity index is 354. The molecule has 1 aliphatic heterocycles. The molecular formula is C22H39IO2. The van der Waals surface area contributed by atoms with Gasteiger partial charge in [-0.2, -0.15) is 0 Å². The largest absolute Gasteiger partial charge is 0.461 e. The monoisotopic (exact) mass is 462 g/mol. The number of unbranched alkanes of at least 4 members (excludes halogenated alkanes) is 10. The number of esters is 1. The van der Waals surface area contributed by atoms with Crippen LogP contribution in [0.15, 0.2) is 12.2 Å². The predicted octanol–water partition coefficient (Wildman–Crippen LogP) is 7.53. The average Bonchev–Trinajstić information content (AvgIpc) is 2.62. The topological polar surface area (TPSA) is 26.3 Å². The van der Waals surface area contributed by atoms with Gasteiger partial charge < -0.3 is 4.74 Å². The van der Waals surface area contributed by atoms with Crippen molar-refractivity contribution >= 4 is 28.6 Å². The first kappa shape index (κ1) is 23.0. The maximum Gasteiger partial charge on any atom is 0.306 e. The molecule has 0 N–H and O–H groups in total. The predicted molar refractivity (Wildman–Crippen MR) is 116 cm³/mol. The first-order chi connectivity index (χ1) is 12.2. The van der Waals surface area contributed by atoms with E-state index in [0.717, 1.165) is 25.7 Å². The molecule has 25 heavy (non-hydrogen) atoms. The van der Waals surface area contributed by atoms with Crippen LogP contribution < -0.4 is 0 Å². The van der Waals surface area contributed by atoms with E-state index in [0.29, 0.717) is 10.3 Å². The number of halogens is 1. The fourth-order valence-electron chi connectivity index (χ4n) is 3.42. The fourth-order valence-corrected chi connectivity index (χ4v) is 4.28. The van der Waals surface area contributed by atoms with Gasteiger partial charge in [-0.3, -0.25) is 4.79 Å². The van der Waals surface area contributed by atoms with Crippen molar-refractivity contribution in [1.82, 2.24) is 0 Å². The zero-order valence-corrected chi connectivity index (χ0v) is 18.5. The molecule has 1 rings (SSSR count). The lowest BCUT2D eigenvalue weighted by atomic mass is 10.0. The van der Waals surface area contributed by atoms with E-state index >= 15 is 0 Å². The highest BCUT2D eigenvalue weighted by Crippen LogP contribution is 2.25. The third kappa shape index (κ3) is 12.9. The molecule has 0 saturated carbocycles. The molecule has 1 fully saturated rings. The average molecular weight is 462 g/mol. The maximum absolute atomic E-state index is 11.3. The number of carbonyl (C=O) groups excluding carboxylic acids is 1. The summed E-state index contributed by atoms with van der Waals surface area (Å²) in [6, 6.07) is 0. The number of cyclic esters (lactones) is 1. The van der Waals surface area contributed by atoms with E-state index in [1.807, 2.05) is 0 Å². The first-order valence-electron chi connectivity index (χ1n) is 10.7. The van der Waals surface area contributed by atoms with E-state index in [1.165, 1.54) is 70.6 Å². The van der Waals surface area contributed by atoms with E-state index in [9.17, 15) is 4.79 Å². The Labute approximate surface area is 169 Å². The van der Waals surface area contributed by atoms with Crippen molar-refractivity contribution in [3.05, 3.63) is 12.2 Å². The van der Waals surface area contributed by atoms with Gasteiger partial charge in [-0.25, -0.2) is 0 Å². The molecule has 1 saturated heterocycles. The molecule has 2 nitrogen and oxygen atoms in total. The van der Waals surface area contributed by atoms with Crippen molar-refractivity contribution in [2.45, 2.75) is 120 Å². The molecule has 1 heterocycles. The highest BCUT2D eigenvalue weighted by molar-refractivity contribution is 14.1. The number of allylic oxidation sites excluding steroid dienone is 2. The van der Waals surface area contributed by atoms with Crippen molar-refractivity contribution in [1.29, 1.82) is 0 Å². The summed E-state index contributed by atoms with van der Waals surface area (Å²) in [5.74, 6) is -0.00517. The molecule has 0 aromatic carbocycles. The molecule has 0 radical (unpaired) electrons. The van der Waals surface area contributed by atoms with Crippen molar-refractivity contribution in [3.63, 3.8) is 0 Å². The van der Waals surface area contributed by atoms with Crippen LogP contribution in [0.25, 0.3) is 0 Å². The minimum Gasteiger partial charge on any atom is -0.461 e. The summed E-state index contributed by atoms with van der Waals surface area (Å²) in [4.78, 5) is 11.3. The van der Waals surface area contributed by atoms with Gasteiger partial charge in [0.1, 0.15) is 6.10 Å². The molecular weight excluding hydrogens is 423 g/mol. The lowest BCUT2D eigenvalue weighted by Gasteiger charge is -2.26. The molecule has 0 aromatic heterocycles. The fraction of sp³-hybridized carbons (Fsp3) is 0.864. The summed E-state index contributed by atoms with van der Waals surface area (Å²) in [6.07, 6.45) is 25.0. The summed E-state index contributed by atoms with van der Waals surface area (Å²) in [5, 5.41) is 0. The number of hydrogen-bond acceptors (Lipinski definition) is 2. The number of ether oxygens (including phenoxy) is 1. The van der Waals surface area contributed by atoms with Gasteiger partial charge >= 0.3 is 5.97 Å². The second kappa shape index (κ2) is 16.1. The SMILES string of the molecule is CCCCCCCCCCCC/C=C\CCC(I)C1CCCC(=O)O1. The molecule has 146 valence electrons. The Morgan fingerprint density at radius 2 is 1.60 bits per heavy atom. The third-order valence-electron chi connectivity index (χ3n) is 5.06. The Hall–Kier alpha value is -0.0600. The third-order valence-corrected chi connectivity index (χ3v) is 6.48. The minimum atomic E-state index is -0.00517. The Kier molecular flexibility index (Phi) is 14.8. The van der Waals surface area contributed by atoms with E-state index in [1.54, 1.807) is 0 Å². The zero-order chi connectivity index (χ0) is 18.2. The molecule has 1 aliphatic rings. The molecule has 0 bridgehead atoms. The Morgan fingerprint density at radius 3 is 2.24 bits per heavy atom. The number of hydrogen-bond donors (Lipinski definition) is 0. The molecule has 0 aliphatic carbocycles. The van der Waals surface area contributed by atoms with Gasteiger partial charge in [0.25, 0.3) is 0 Å². The first-order valence-corrected chi connectivity index (χ1v) is 12.0. The molecule has 3 heteroatoms. The van der Waals surface area contributed by atoms with Gasteiger partial charge in [-0.1, -0.05) is 99.5 Å². The van der Waals surface area contributed by atoms with Gasteiger partial charge in [-0.05, 0) is 38.5 Å². The van der Waals surface area contributed by atoms with Crippen LogP contribution in [0, 0.1) is 0 Å². The summed E-state index contributed by atoms with van der Waals surface area (Å²) in [5.41, 5.74) is 0. The maximum atomic E-state index is 11.3. The van der Waals surface area contributed by atoms with Crippen LogP contribution in [0.4, 0.5) is 0 Å². The van der Waals surface area contributed by atoms with Gasteiger partial charge in [0.15, 0.2) is 0 Å². The van der Waals surface area contributed by atoms with Gasteiger partial charge in [0.05, 0.1) is 0 Å². The van der Waals surface area contributed by atoms with Crippen molar-refractivity contribution in [3.8, 4) is 0 Å². The quantitative estimate of drug-likeness (QED) is 0.0827. The molecule has 2 atom stereocenters. The van der Waals surface area contributed by atoms with E-state index in [2.05, 4.69) is 41.7 Å². The van der Waals surface area contributed by atoms with Crippen LogP contribution in [0.1, 0.15) is 110 Å². The molecule has 2 unspecified atom stereocenters. The van der Waals surface area contributed by atoms with Gasteiger partial charge in [-0.15, -0.1) is 0 Å². The van der Waals surface area contributed by atoms with Crippen molar-refractivity contribution in [2.24, 2.45) is 0 Å². The van der Waals surface area contributed by atoms with Gasteiger partial charge in [0, 0.05) is 10.3 Å². The summed E-state index contributed by atoms with van der Waals surface area (Å²) < 4.78 is 5.91. The van der Waals surface area contributed by atoms with E-state index < -0.39 is 0 Å². The van der Waals surface area contributed by atoms with Crippen LogP contribution in [0.3, 0.4) is 0 Å². The van der Waals surface area contributed by atoms with Crippen LogP contribution in [-0.4, -0.2) is 16.0 Å². The molecule has 0 amide bonds. The van der Waals surface area contributed by atoms with Crippen LogP contribution in [0.5, 0.6) is 0 Å². The summed E-state index contributed by atoms with van der Waals surface area (Å²) in [6.45, 7) is 2.28. The Morgan fingerprint density at radius 1 is 1.00 bits per heavy atom. The Balaban J connectivity index is 1.86. The minimum absolute atomic E-state index is 0.00517. The zero-order valence-electron chi connectivity index (χ0n) is 16.3. The van der Waals surface area contributed by atoms with Crippen LogP contribution in [0.2, 0.25) is 0 Å². The normalized spacial score (nSPS) is 19.3. The smallest absolute Gasteiger partial charge is 0.306 e. The number of alkyl halides is 1. The van der Waals surface area contributed by atoms with Crippen LogP contribution in [-0.2, 0) is 9.53 Å². The van der Waals surface area contributed by atoms with E-state index in [4.69, 9.17) is 4.74 Å². The highest BCUT2D eigenvalue weighted by Gasteiger charge is 2.26. The van der Waals surface area contributed by atoms with Crippen molar-refractivity contribution in [2.75, 3.05) is 0 Å². The highest BCUT2D eigenvalue weighted by atomic mass is 127. The van der Waals surface area contributed by atoms with Crippen LogP contribution >= 0.6 is 22.6 Å². The molecule has 0 spiro atoms. The lowest BCUT2D eigenvalue weighted by Crippen LogP contribution is -2.30. The van der Waals surface area contributed by atoms with Crippen molar-refractivity contribution < 1.29 is 9.53 Å². The van der Waals surface area contributed by atoms with E-state index in [-0.39, 0.29) is 12.1 Å². The second-order valence-electron chi connectivity index (χ2n) is 7.46. The second-order valence-corrected chi connectivity index (χ2v) is 9.06. The standard InChI is InChI=1S/C22H39IO2/c1-2-3-4-5-6-7-8-9-10-11-12-13-14-15-17-20(23)21-18-16-19-22(24)25-21/h13-14,20-21H,2-12,15-19H2,1H3/b14-13-. The van der Waals surface area contributed by atoms with Gasteiger partial charge in [0.2, 0.25) is 0 Å². The molecule has 0 aromatic rings. The number of carbonyl (C=O) groups is 1.